The molecule has 6 nitrogen and oxygen atoms in total. The van der Waals surface area contributed by atoms with E-state index in [1.165, 1.54) is 4.90 Å². The molecule has 1 aliphatic heterocycles. The van der Waals surface area contributed by atoms with Crippen molar-refractivity contribution in [1.29, 1.82) is 0 Å². The molecule has 0 aliphatic carbocycles. The van der Waals surface area contributed by atoms with Crippen LogP contribution in [0.4, 0.5) is 0 Å². The fourth-order valence-corrected chi connectivity index (χ4v) is 2.29. The quantitative estimate of drug-likeness (QED) is 0.830. The van der Waals surface area contributed by atoms with Crippen LogP contribution in [0.5, 0.6) is 0 Å². The smallest absolute Gasteiger partial charge is 0.303 e. The Morgan fingerprint density at radius 2 is 1.90 bits per heavy atom. The van der Waals surface area contributed by atoms with Crippen LogP contribution in [0, 0.1) is 0 Å². The van der Waals surface area contributed by atoms with Gasteiger partial charge in [0.25, 0.3) is 5.91 Å². The van der Waals surface area contributed by atoms with Gasteiger partial charge in [-0.2, -0.15) is 0 Å². The van der Waals surface area contributed by atoms with Gasteiger partial charge in [0.1, 0.15) is 6.04 Å². The molecule has 1 aromatic rings. The Balaban J connectivity index is 2.32. The van der Waals surface area contributed by atoms with Crippen LogP contribution in [0.2, 0.25) is 0 Å². The molecule has 3 N–H and O–H groups in total. The van der Waals surface area contributed by atoms with Gasteiger partial charge in [-0.1, -0.05) is 24.8 Å². The molecular formula is C14H14N2O4. The second kappa shape index (κ2) is 5.16. The van der Waals surface area contributed by atoms with Crippen LogP contribution >= 0.6 is 0 Å². The average molecular weight is 274 g/mol. The molecule has 1 heterocycles. The van der Waals surface area contributed by atoms with Gasteiger partial charge >= 0.3 is 5.97 Å². The van der Waals surface area contributed by atoms with Gasteiger partial charge in [0.05, 0.1) is 0 Å². The summed E-state index contributed by atoms with van der Waals surface area (Å²) in [6.07, 6.45) is -0.287. The fourth-order valence-electron chi connectivity index (χ4n) is 2.29. The number of nitrogens with two attached hydrogens (primary N) is 1. The van der Waals surface area contributed by atoms with Gasteiger partial charge < -0.3 is 10.8 Å². The van der Waals surface area contributed by atoms with E-state index in [1.807, 2.05) is 0 Å². The van der Waals surface area contributed by atoms with Gasteiger partial charge in [0.2, 0.25) is 5.91 Å². The Hall–Kier alpha value is -2.63. The van der Waals surface area contributed by atoms with Crippen LogP contribution < -0.4 is 5.73 Å². The van der Waals surface area contributed by atoms with Gasteiger partial charge in [-0.3, -0.25) is 19.3 Å². The monoisotopic (exact) mass is 274 g/mol. The normalized spacial score (nSPS) is 15.1. The lowest BCUT2D eigenvalue weighted by Crippen LogP contribution is -2.44. The molecule has 1 aromatic carbocycles. The van der Waals surface area contributed by atoms with Crippen LogP contribution in [0.1, 0.15) is 28.8 Å². The molecular weight excluding hydrogens is 260 g/mol. The van der Waals surface area contributed by atoms with Gasteiger partial charge in [-0.25, -0.2) is 0 Å². The maximum atomic E-state index is 12.3. The van der Waals surface area contributed by atoms with E-state index in [-0.39, 0.29) is 18.7 Å². The molecule has 104 valence electrons. The lowest BCUT2D eigenvalue weighted by molar-refractivity contribution is -0.137. The third-order valence-electron chi connectivity index (χ3n) is 3.25. The first kappa shape index (κ1) is 13.8. The van der Waals surface area contributed by atoms with Crippen LogP contribution in [0.3, 0.4) is 0 Å². The minimum atomic E-state index is -1.05. The number of amides is 2. The Kier molecular flexibility index (Phi) is 3.56. The van der Waals surface area contributed by atoms with Gasteiger partial charge in [-0.15, -0.1) is 0 Å². The number of hydrogen-bond donors (Lipinski definition) is 2. The van der Waals surface area contributed by atoms with Crippen molar-refractivity contribution in [2.45, 2.75) is 18.9 Å². The summed E-state index contributed by atoms with van der Waals surface area (Å²) < 4.78 is 0. The number of nitrogens with zero attached hydrogens (tertiary/aromatic N) is 1. The number of fused-ring (bicyclic) bond motifs is 1. The largest absolute Gasteiger partial charge is 0.481 e. The molecule has 1 atom stereocenters. The Morgan fingerprint density at radius 3 is 2.40 bits per heavy atom. The van der Waals surface area contributed by atoms with Gasteiger partial charge in [-0.05, 0) is 12.5 Å². The van der Waals surface area contributed by atoms with E-state index in [4.69, 9.17) is 10.8 Å². The fraction of sp³-hybridized carbons (Fsp3) is 0.214. The van der Waals surface area contributed by atoms with Crippen LogP contribution in [0.25, 0.3) is 5.70 Å². The topological polar surface area (TPSA) is 101 Å². The molecule has 0 saturated carbocycles. The number of aliphatic carboxylic acids is 1. The molecule has 2 rings (SSSR count). The van der Waals surface area contributed by atoms with E-state index in [9.17, 15) is 14.4 Å². The van der Waals surface area contributed by atoms with Crippen molar-refractivity contribution < 1.29 is 19.5 Å². The maximum absolute atomic E-state index is 12.3. The predicted molar refractivity (Wildman–Crippen MR) is 71.5 cm³/mol. The van der Waals surface area contributed by atoms with Crippen molar-refractivity contribution >= 4 is 23.5 Å². The summed E-state index contributed by atoms with van der Waals surface area (Å²) in [6.45, 7) is 3.81. The average Bonchev–Trinajstić information content (AvgIpc) is 2.64. The number of carbonyl (C=O) groups is 3. The molecule has 0 saturated heterocycles. The van der Waals surface area contributed by atoms with Gasteiger partial charge in [0.15, 0.2) is 0 Å². The van der Waals surface area contributed by atoms with E-state index >= 15 is 0 Å². The number of carboxylic acid groups (broad SMARTS) is 1. The van der Waals surface area contributed by atoms with Crippen molar-refractivity contribution in [3.8, 4) is 0 Å². The summed E-state index contributed by atoms with van der Waals surface area (Å²) in [7, 11) is 0. The molecule has 0 fully saturated rings. The molecule has 0 bridgehead atoms. The summed E-state index contributed by atoms with van der Waals surface area (Å²) in [5, 5.41) is 8.71. The van der Waals surface area contributed by atoms with Crippen LogP contribution in [-0.2, 0) is 9.59 Å². The first-order chi connectivity index (χ1) is 9.43. The lowest BCUT2D eigenvalue weighted by atomic mass is 10.1. The number of benzene rings is 1. The summed E-state index contributed by atoms with van der Waals surface area (Å²) in [4.78, 5) is 35.7. The lowest BCUT2D eigenvalue weighted by Gasteiger charge is -2.25. The summed E-state index contributed by atoms with van der Waals surface area (Å²) >= 11 is 0. The molecule has 0 spiro atoms. The zero-order chi connectivity index (χ0) is 14.9. The van der Waals surface area contributed by atoms with Crippen molar-refractivity contribution in [2.75, 3.05) is 0 Å². The second-order valence-corrected chi connectivity index (χ2v) is 4.52. The Morgan fingerprint density at radius 1 is 1.30 bits per heavy atom. The van der Waals surface area contributed by atoms with Gasteiger partial charge in [0, 0.05) is 23.2 Å². The molecule has 1 unspecified atom stereocenters. The highest BCUT2D eigenvalue weighted by Crippen LogP contribution is 2.33. The first-order valence-corrected chi connectivity index (χ1v) is 6.06. The van der Waals surface area contributed by atoms with Crippen molar-refractivity contribution in [1.82, 2.24) is 4.90 Å². The SMILES string of the molecule is C=C1c2ccccc2C(=O)N1C(CCC(=O)O)C(N)=O. The number of primary amides is 1. The van der Waals surface area contributed by atoms with Crippen LogP contribution in [0.15, 0.2) is 30.8 Å². The maximum Gasteiger partial charge on any atom is 0.303 e. The Labute approximate surface area is 115 Å². The molecule has 0 aromatic heterocycles. The first-order valence-electron chi connectivity index (χ1n) is 6.06. The van der Waals surface area contributed by atoms with E-state index in [0.717, 1.165) is 0 Å². The van der Waals surface area contributed by atoms with E-state index in [0.29, 0.717) is 16.8 Å². The Bertz CT molecular complexity index is 574. The van der Waals surface area contributed by atoms with E-state index in [1.54, 1.807) is 24.3 Å². The third kappa shape index (κ3) is 2.27. The summed E-state index contributed by atoms with van der Waals surface area (Å²) in [6, 6.07) is 5.84. The third-order valence-corrected chi connectivity index (χ3v) is 3.25. The molecule has 2 amide bonds. The molecule has 6 heteroatoms. The highest BCUT2D eigenvalue weighted by Gasteiger charge is 2.38. The van der Waals surface area contributed by atoms with E-state index < -0.39 is 17.9 Å². The highest BCUT2D eigenvalue weighted by molar-refractivity contribution is 6.10. The number of hydrogen-bond acceptors (Lipinski definition) is 3. The van der Waals surface area contributed by atoms with Crippen molar-refractivity contribution in [2.24, 2.45) is 5.73 Å². The second-order valence-electron chi connectivity index (χ2n) is 4.52. The highest BCUT2D eigenvalue weighted by atomic mass is 16.4. The molecule has 20 heavy (non-hydrogen) atoms. The minimum Gasteiger partial charge on any atom is -0.481 e. The van der Waals surface area contributed by atoms with Crippen molar-refractivity contribution in [3.63, 3.8) is 0 Å². The zero-order valence-corrected chi connectivity index (χ0v) is 10.7. The minimum absolute atomic E-state index is 0.0383. The zero-order valence-electron chi connectivity index (χ0n) is 10.7. The number of rotatable bonds is 5. The van der Waals surface area contributed by atoms with E-state index in [2.05, 4.69) is 6.58 Å². The summed E-state index contributed by atoms with van der Waals surface area (Å²) in [5.41, 5.74) is 6.75. The number of carbonyl (C=O) groups excluding carboxylic acids is 2. The molecule has 1 aliphatic rings. The van der Waals surface area contributed by atoms with Crippen LogP contribution in [-0.4, -0.2) is 33.8 Å². The molecule has 0 radical (unpaired) electrons. The predicted octanol–water partition coefficient (Wildman–Crippen LogP) is 0.832. The standard InChI is InChI=1S/C14H14N2O4/c1-8-9-4-2-3-5-10(9)14(20)16(8)11(13(15)19)6-7-12(17)18/h2-5,11H,1,6-7H2,(H2,15,19)(H,17,18). The van der Waals surface area contributed by atoms with Crippen molar-refractivity contribution in [3.05, 3.63) is 42.0 Å². The number of carboxylic acids is 1. The summed E-state index contributed by atoms with van der Waals surface area (Å²) in [5.74, 6) is -2.17.